The minimum Gasteiger partial charge on any atom is -0.380 e. The number of nitrogens with one attached hydrogen (secondary N) is 1. The van der Waals surface area contributed by atoms with Gasteiger partial charge in [-0.05, 0) is 25.9 Å². The molecule has 0 atom stereocenters. The summed E-state index contributed by atoms with van der Waals surface area (Å²) in [6.45, 7) is 5.96. The molecule has 0 unspecified atom stereocenters. The minimum atomic E-state index is -3.07. The Morgan fingerprint density at radius 2 is 2.12 bits per heavy atom. The predicted octanol–water partition coefficient (Wildman–Crippen LogP) is 0.0381. The lowest BCUT2D eigenvalue weighted by Crippen LogP contribution is -2.35. The summed E-state index contributed by atoms with van der Waals surface area (Å²) in [5, 5.41) is 3.13. The maximum absolute atomic E-state index is 11.9. The van der Waals surface area contributed by atoms with Crippen molar-refractivity contribution in [1.82, 2.24) is 9.62 Å². The van der Waals surface area contributed by atoms with E-state index in [0.29, 0.717) is 32.7 Å². The molecule has 0 radical (unpaired) electrons. The molecule has 1 heterocycles. The Kier molecular flexibility index (Phi) is 6.26. The number of ether oxygens (including phenoxy) is 1. The van der Waals surface area contributed by atoms with Gasteiger partial charge in [0.2, 0.25) is 10.0 Å². The van der Waals surface area contributed by atoms with Crippen molar-refractivity contribution < 1.29 is 13.2 Å². The maximum Gasteiger partial charge on any atom is 0.214 e. The zero-order valence-electron chi connectivity index (χ0n) is 9.94. The summed E-state index contributed by atoms with van der Waals surface area (Å²) in [5.41, 5.74) is 0. The van der Waals surface area contributed by atoms with E-state index >= 15 is 0 Å². The summed E-state index contributed by atoms with van der Waals surface area (Å²) in [7, 11) is -3.07. The molecule has 0 amide bonds. The van der Waals surface area contributed by atoms with E-state index < -0.39 is 10.0 Å². The Labute approximate surface area is 98.2 Å². The topological polar surface area (TPSA) is 58.6 Å². The van der Waals surface area contributed by atoms with Gasteiger partial charge in [0.25, 0.3) is 0 Å². The summed E-state index contributed by atoms with van der Waals surface area (Å²) < 4.78 is 30.7. The second-order valence-corrected chi connectivity index (χ2v) is 5.98. The molecule has 0 aromatic carbocycles. The minimum absolute atomic E-state index is 0.236. The highest BCUT2D eigenvalue weighted by atomic mass is 32.2. The average Bonchev–Trinajstić information content (AvgIpc) is 2.53. The van der Waals surface area contributed by atoms with E-state index in [1.807, 2.05) is 6.92 Å². The van der Waals surface area contributed by atoms with Gasteiger partial charge in [-0.25, -0.2) is 8.42 Å². The molecule has 1 rings (SSSR count). The highest BCUT2D eigenvalue weighted by Gasteiger charge is 2.22. The molecule has 6 heteroatoms. The largest absolute Gasteiger partial charge is 0.380 e. The molecule has 16 heavy (non-hydrogen) atoms. The molecule has 5 nitrogen and oxygen atoms in total. The fourth-order valence-electron chi connectivity index (χ4n) is 1.69. The van der Waals surface area contributed by atoms with Gasteiger partial charge < -0.3 is 10.1 Å². The maximum atomic E-state index is 11.9. The molecule has 1 saturated heterocycles. The van der Waals surface area contributed by atoms with Gasteiger partial charge in [0, 0.05) is 19.7 Å². The van der Waals surface area contributed by atoms with Gasteiger partial charge in [-0.1, -0.05) is 6.92 Å². The van der Waals surface area contributed by atoms with E-state index in [4.69, 9.17) is 4.74 Å². The van der Waals surface area contributed by atoms with E-state index in [2.05, 4.69) is 5.32 Å². The van der Waals surface area contributed by atoms with Crippen LogP contribution in [-0.2, 0) is 14.8 Å². The second-order valence-electron chi connectivity index (χ2n) is 3.89. The lowest BCUT2D eigenvalue weighted by Gasteiger charge is -2.19. The number of hydrogen-bond donors (Lipinski definition) is 1. The van der Waals surface area contributed by atoms with Crippen LogP contribution in [0.5, 0.6) is 0 Å². The summed E-state index contributed by atoms with van der Waals surface area (Å²) in [4.78, 5) is 0. The Bertz CT molecular complexity index is 272. The van der Waals surface area contributed by atoms with Crippen LogP contribution < -0.4 is 5.32 Å². The summed E-state index contributed by atoms with van der Waals surface area (Å²) in [6.07, 6.45) is 1.47. The highest BCUT2D eigenvalue weighted by molar-refractivity contribution is 7.89. The van der Waals surface area contributed by atoms with Crippen molar-refractivity contribution >= 4 is 10.0 Å². The number of hydrogen-bond acceptors (Lipinski definition) is 4. The van der Waals surface area contributed by atoms with Crippen LogP contribution in [0, 0.1) is 0 Å². The fraction of sp³-hybridized carbons (Fsp3) is 1.00. The zero-order valence-corrected chi connectivity index (χ0v) is 10.8. The molecular formula is C10H22N2O3S. The monoisotopic (exact) mass is 250 g/mol. The normalized spacial score (nSPS) is 19.6. The first-order chi connectivity index (χ1) is 7.67. The average molecular weight is 250 g/mol. The molecule has 1 aliphatic heterocycles. The van der Waals surface area contributed by atoms with Crippen molar-refractivity contribution in [1.29, 1.82) is 0 Å². The molecule has 96 valence electrons. The van der Waals surface area contributed by atoms with Gasteiger partial charge >= 0.3 is 0 Å². The van der Waals surface area contributed by atoms with Gasteiger partial charge in [-0.15, -0.1) is 0 Å². The Morgan fingerprint density at radius 1 is 1.31 bits per heavy atom. The van der Waals surface area contributed by atoms with Crippen molar-refractivity contribution in [3.8, 4) is 0 Å². The number of rotatable bonds is 6. The van der Waals surface area contributed by atoms with Crippen LogP contribution in [-0.4, -0.2) is 57.9 Å². The molecule has 1 aliphatic rings. The molecular weight excluding hydrogens is 228 g/mol. The van der Waals surface area contributed by atoms with Gasteiger partial charge in [0.1, 0.15) is 0 Å². The SMILES string of the molecule is CCNCCCS(=O)(=O)N1CCCOCC1. The summed E-state index contributed by atoms with van der Waals surface area (Å²) in [6, 6.07) is 0. The van der Waals surface area contributed by atoms with Gasteiger partial charge in [-0.3, -0.25) is 0 Å². The first-order valence-electron chi connectivity index (χ1n) is 5.93. The molecule has 0 spiro atoms. The van der Waals surface area contributed by atoms with Crippen LogP contribution in [0.2, 0.25) is 0 Å². The third-order valence-corrected chi connectivity index (χ3v) is 4.54. The van der Waals surface area contributed by atoms with Gasteiger partial charge in [0.15, 0.2) is 0 Å². The van der Waals surface area contributed by atoms with E-state index in [-0.39, 0.29) is 5.75 Å². The van der Waals surface area contributed by atoms with Crippen LogP contribution in [0.4, 0.5) is 0 Å². The van der Waals surface area contributed by atoms with Crippen molar-refractivity contribution in [3.63, 3.8) is 0 Å². The smallest absolute Gasteiger partial charge is 0.214 e. The molecule has 0 bridgehead atoms. The van der Waals surface area contributed by atoms with Crippen molar-refractivity contribution in [2.75, 3.05) is 45.1 Å². The molecule has 1 N–H and O–H groups in total. The first kappa shape index (κ1) is 13.9. The number of sulfonamides is 1. The summed E-state index contributed by atoms with van der Waals surface area (Å²) >= 11 is 0. The highest BCUT2D eigenvalue weighted by Crippen LogP contribution is 2.07. The van der Waals surface area contributed by atoms with Gasteiger partial charge in [-0.2, -0.15) is 4.31 Å². The van der Waals surface area contributed by atoms with Crippen molar-refractivity contribution in [2.45, 2.75) is 19.8 Å². The predicted molar refractivity (Wildman–Crippen MR) is 64.0 cm³/mol. The third-order valence-electron chi connectivity index (χ3n) is 2.58. The van der Waals surface area contributed by atoms with E-state index in [1.165, 1.54) is 0 Å². The lowest BCUT2D eigenvalue weighted by atomic mass is 10.5. The van der Waals surface area contributed by atoms with E-state index in [9.17, 15) is 8.42 Å². The van der Waals surface area contributed by atoms with Crippen LogP contribution in [0.25, 0.3) is 0 Å². The molecule has 0 aliphatic carbocycles. The van der Waals surface area contributed by atoms with E-state index in [0.717, 1.165) is 19.5 Å². The second kappa shape index (κ2) is 7.21. The van der Waals surface area contributed by atoms with Crippen LogP contribution >= 0.6 is 0 Å². The molecule has 0 aromatic heterocycles. The molecule has 1 fully saturated rings. The van der Waals surface area contributed by atoms with Crippen molar-refractivity contribution in [3.05, 3.63) is 0 Å². The van der Waals surface area contributed by atoms with Crippen LogP contribution in [0.1, 0.15) is 19.8 Å². The third kappa shape index (κ3) is 4.78. The van der Waals surface area contributed by atoms with Crippen molar-refractivity contribution in [2.24, 2.45) is 0 Å². The van der Waals surface area contributed by atoms with E-state index in [1.54, 1.807) is 4.31 Å². The quantitative estimate of drug-likeness (QED) is 0.676. The Balaban J connectivity index is 2.36. The Morgan fingerprint density at radius 3 is 2.88 bits per heavy atom. The lowest BCUT2D eigenvalue weighted by molar-refractivity contribution is 0.148. The van der Waals surface area contributed by atoms with Crippen LogP contribution in [0.15, 0.2) is 0 Å². The fourth-order valence-corrected chi connectivity index (χ4v) is 3.21. The standard InChI is InChI=1S/C10H22N2O3S/c1-2-11-5-3-10-16(13,14)12-6-4-8-15-9-7-12/h11H,2-10H2,1H3. The Hall–Kier alpha value is -0.170. The zero-order chi connectivity index (χ0) is 11.9. The summed E-state index contributed by atoms with van der Waals surface area (Å²) in [5.74, 6) is 0.236. The molecule has 0 saturated carbocycles. The number of nitrogens with zero attached hydrogens (tertiary/aromatic N) is 1. The first-order valence-corrected chi connectivity index (χ1v) is 7.54. The van der Waals surface area contributed by atoms with Gasteiger partial charge in [0.05, 0.1) is 12.4 Å². The molecule has 0 aromatic rings. The van der Waals surface area contributed by atoms with Crippen LogP contribution in [0.3, 0.4) is 0 Å².